The normalized spacial score (nSPS) is 15.8. The number of nitrogens with zero attached hydrogens (tertiary/aromatic N) is 4. The fourth-order valence-electron chi connectivity index (χ4n) is 4.48. The summed E-state index contributed by atoms with van der Waals surface area (Å²) < 4.78 is 11.1. The first-order valence-electron chi connectivity index (χ1n) is 12.1. The molecule has 2 aliphatic heterocycles. The molecule has 0 bridgehead atoms. The minimum absolute atomic E-state index is 0.00635. The van der Waals surface area contributed by atoms with Gasteiger partial charge in [0.1, 0.15) is 25.0 Å². The van der Waals surface area contributed by atoms with Gasteiger partial charge in [-0.3, -0.25) is 24.2 Å². The highest BCUT2D eigenvalue weighted by Gasteiger charge is 2.33. The molecule has 0 saturated carbocycles. The Morgan fingerprint density at radius 3 is 2.44 bits per heavy atom. The van der Waals surface area contributed by atoms with Crippen molar-refractivity contribution in [1.82, 2.24) is 9.80 Å². The zero-order valence-corrected chi connectivity index (χ0v) is 23.2. The number of benzene rings is 2. The predicted molar refractivity (Wildman–Crippen MR) is 150 cm³/mol. The molecule has 204 valence electrons. The Morgan fingerprint density at radius 2 is 1.77 bits per heavy atom. The SMILES string of the molecule is CN(C(=O)OCc1cc(Cl)cc(Cl)c1)c1coc2ccc(N3CCN(C(=O)CN4C(=O)CSC4=O)CC3)cc12. The monoisotopic (exact) mass is 590 g/mol. The molecule has 0 spiro atoms. The number of furan rings is 1. The average molecular weight is 591 g/mol. The lowest BCUT2D eigenvalue weighted by atomic mass is 10.1. The highest BCUT2D eigenvalue weighted by Crippen LogP contribution is 2.33. The largest absolute Gasteiger partial charge is 0.462 e. The van der Waals surface area contributed by atoms with Crippen molar-refractivity contribution in [2.75, 3.05) is 55.3 Å². The molecule has 0 unspecified atom stereocenters. The van der Waals surface area contributed by atoms with Crippen LogP contribution in [-0.4, -0.2) is 78.5 Å². The number of carbonyl (C=O) groups excluding carboxylic acids is 4. The van der Waals surface area contributed by atoms with Crippen LogP contribution in [0.4, 0.5) is 21.0 Å². The van der Waals surface area contributed by atoms with Crippen LogP contribution in [0.5, 0.6) is 0 Å². The van der Waals surface area contributed by atoms with Gasteiger partial charge in [0.15, 0.2) is 0 Å². The Hall–Kier alpha value is -3.41. The van der Waals surface area contributed by atoms with E-state index in [4.69, 9.17) is 32.4 Å². The minimum atomic E-state index is -0.570. The van der Waals surface area contributed by atoms with Crippen molar-refractivity contribution in [2.45, 2.75) is 6.61 Å². The molecule has 13 heteroatoms. The van der Waals surface area contributed by atoms with Gasteiger partial charge in [-0.15, -0.1) is 0 Å². The zero-order chi connectivity index (χ0) is 27.7. The van der Waals surface area contributed by atoms with Gasteiger partial charge in [0.05, 0.1) is 11.4 Å². The van der Waals surface area contributed by atoms with Gasteiger partial charge in [-0.25, -0.2) is 4.79 Å². The molecule has 3 aromatic rings. The molecule has 0 radical (unpaired) electrons. The first-order valence-corrected chi connectivity index (χ1v) is 13.8. The van der Waals surface area contributed by atoms with E-state index in [1.165, 1.54) is 11.2 Å². The topological polar surface area (TPSA) is 104 Å². The molecule has 2 aliphatic rings. The van der Waals surface area contributed by atoms with E-state index in [-0.39, 0.29) is 36.0 Å². The first-order chi connectivity index (χ1) is 18.7. The van der Waals surface area contributed by atoms with Gasteiger partial charge in [0.2, 0.25) is 11.8 Å². The summed E-state index contributed by atoms with van der Waals surface area (Å²) in [5.74, 6) is -0.488. The minimum Gasteiger partial charge on any atom is -0.462 e. The predicted octanol–water partition coefficient (Wildman–Crippen LogP) is 4.86. The molecule has 2 saturated heterocycles. The number of piperazine rings is 1. The van der Waals surface area contributed by atoms with E-state index in [0.717, 1.165) is 27.7 Å². The van der Waals surface area contributed by atoms with Crippen molar-refractivity contribution < 1.29 is 28.3 Å². The molecule has 1 aromatic heterocycles. The van der Waals surface area contributed by atoms with E-state index >= 15 is 0 Å². The third-order valence-electron chi connectivity index (χ3n) is 6.59. The van der Waals surface area contributed by atoms with Gasteiger partial charge >= 0.3 is 6.09 Å². The molecule has 2 aromatic carbocycles. The van der Waals surface area contributed by atoms with Crippen LogP contribution in [0, 0.1) is 0 Å². The molecule has 5 rings (SSSR count). The fraction of sp³-hybridized carbons (Fsp3) is 0.308. The van der Waals surface area contributed by atoms with Gasteiger partial charge in [-0.2, -0.15) is 0 Å². The number of ether oxygens (including phenoxy) is 1. The third-order valence-corrected chi connectivity index (χ3v) is 7.88. The number of carbonyl (C=O) groups is 4. The molecule has 4 amide bonds. The van der Waals surface area contributed by atoms with Gasteiger partial charge in [-0.05, 0) is 42.0 Å². The molecule has 0 N–H and O–H groups in total. The Bertz CT molecular complexity index is 1420. The maximum Gasteiger partial charge on any atom is 0.414 e. The van der Waals surface area contributed by atoms with Crippen molar-refractivity contribution in [1.29, 1.82) is 0 Å². The number of anilines is 2. The summed E-state index contributed by atoms with van der Waals surface area (Å²) >= 11 is 13.0. The van der Waals surface area contributed by atoms with Crippen molar-refractivity contribution in [3.05, 3.63) is 58.3 Å². The van der Waals surface area contributed by atoms with Gasteiger partial charge in [0.25, 0.3) is 5.24 Å². The Morgan fingerprint density at radius 1 is 1.05 bits per heavy atom. The van der Waals surface area contributed by atoms with Crippen LogP contribution in [0.1, 0.15) is 5.56 Å². The zero-order valence-electron chi connectivity index (χ0n) is 20.9. The fourth-order valence-corrected chi connectivity index (χ4v) is 5.77. The van der Waals surface area contributed by atoms with E-state index in [1.54, 1.807) is 30.1 Å². The van der Waals surface area contributed by atoms with Crippen LogP contribution in [0.2, 0.25) is 10.0 Å². The van der Waals surface area contributed by atoms with Crippen molar-refractivity contribution in [3.8, 4) is 0 Å². The standard InChI is InChI=1S/C26H24Cl2N4O6S/c1-29(25(35)38-13-16-8-17(27)10-18(28)9-16)21-14-37-22-3-2-19(11-20(21)22)30-4-6-31(7-5-30)23(33)12-32-24(34)15-39-26(32)36/h2-3,8-11,14H,4-7,12-13,15H2,1H3. The lowest BCUT2D eigenvalue weighted by Crippen LogP contribution is -2.51. The van der Waals surface area contributed by atoms with E-state index in [2.05, 4.69) is 4.90 Å². The van der Waals surface area contributed by atoms with E-state index in [0.29, 0.717) is 53.1 Å². The maximum atomic E-state index is 12.8. The van der Waals surface area contributed by atoms with Crippen molar-refractivity contribution in [3.63, 3.8) is 0 Å². The van der Waals surface area contributed by atoms with Crippen LogP contribution < -0.4 is 9.80 Å². The van der Waals surface area contributed by atoms with E-state index < -0.39 is 6.09 Å². The second-order valence-electron chi connectivity index (χ2n) is 9.10. The van der Waals surface area contributed by atoms with Crippen molar-refractivity contribution >= 4 is 80.5 Å². The maximum absolute atomic E-state index is 12.8. The molecular formula is C26H24Cl2N4O6S. The molecule has 3 heterocycles. The number of hydrogen-bond donors (Lipinski definition) is 0. The summed E-state index contributed by atoms with van der Waals surface area (Å²) in [6, 6.07) is 10.7. The Labute approximate surface area is 238 Å². The van der Waals surface area contributed by atoms with Crippen LogP contribution in [0.25, 0.3) is 11.0 Å². The summed E-state index contributed by atoms with van der Waals surface area (Å²) in [6.45, 7) is 1.84. The first kappa shape index (κ1) is 27.2. The van der Waals surface area contributed by atoms with E-state index in [9.17, 15) is 19.2 Å². The second-order valence-corrected chi connectivity index (χ2v) is 10.9. The summed E-state index contributed by atoms with van der Waals surface area (Å²) in [6.07, 6.45) is 0.932. The molecule has 0 atom stereocenters. The van der Waals surface area contributed by atoms with Crippen LogP contribution >= 0.6 is 35.0 Å². The number of fused-ring (bicyclic) bond motifs is 1. The molecule has 39 heavy (non-hydrogen) atoms. The van der Waals surface area contributed by atoms with Crippen LogP contribution in [-0.2, 0) is 20.9 Å². The van der Waals surface area contributed by atoms with Crippen LogP contribution in [0.3, 0.4) is 0 Å². The molecule has 2 fully saturated rings. The number of hydrogen-bond acceptors (Lipinski definition) is 8. The number of imide groups is 1. The molecule has 10 nitrogen and oxygen atoms in total. The van der Waals surface area contributed by atoms with E-state index in [1.807, 2.05) is 18.2 Å². The highest BCUT2D eigenvalue weighted by molar-refractivity contribution is 8.14. The quantitative estimate of drug-likeness (QED) is 0.401. The Balaban J connectivity index is 1.22. The highest BCUT2D eigenvalue weighted by atomic mass is 35.5. The summed E-state index contributed by atoms with van der Waals surface area (Å²) in [5, 5.41) is 1.27. The smallest absolute Gasteiger partial charge is 0.414 e. The average Bonchev–Trinajstić information content (AvgIpc) is 3.48. The lowest BCUT2D eigenvalue weighted by molar-refractivity contribution is -0.136. The van der Waals surface area contributed by atoms with Crippen LogP contribution in [0.15, 0.2) is 47.1 Å². The number of thioether (sulfide) groups is 1. The number of halogens is 2. The molecular weight excluding hydrogens is 567 g/mol. The second kappa shape index (κ2) is 11.4. The van der Waals surface area contributed by atoms with Gasteiger partial charge in [-0.1, -0.05) is 35.0 Å². The molecule has 0 aliphatic carbocycles. The number of rotatable bonds is 6. The van der Waals surface area contributed by atoms with Crippen molar-refractivity contribution in [2.24, 2.45) is 0 Å². The summed E-state index contributed by atoms with van der Waals surface area (Å²) in [4.78, 5) is 55.3. The third kappa shape index (κ3) is 5.95. The lowest BCUT2D eigenvalue weighted by Gasteiger charge is -2.36. The summed E-state index contributed by atoms with van der Waals surface area (Å²) in [5.41, 5.74) is 2.74. The number of amides is 4. The summed E-state index contributed by atoms with van der Waals surface area (Å²) in [7, 11) is 1.60. The Kier molecular flexibility index (Phi) is 7.92. The van der Waals surface area contributed by atoms with Gasteiger partial charge in [0, 0.05) is 54.3 Å². The van der Waals surface area contributed by atoms with Gasteiger partial charge < -0.3 is 19.0 Å².